The van der Waals surface area contributed by atoms with Gasteiger partial charge in [0, 0.05) is 38.6 Å². The standard InChI is InChI=1S/C19H29N3O/c20-11-10-19(23)22-14-17-8-9-18(22)15-21(13-17)12-4-7-16-5-2-1-3-6-16/h1-3,5-6,17-18H,4,7-15,20H2/t17-,18+/m1/s1. The highest BCUT2D eigenvalue weighted by atomic mass is 16.2. The van der Waals surface area contributed by atoms with E-state index in [0.717, 1.165) is 39.0 Å². The Morgan fingerprint density at radius 2 is 1.96 bits per heavy atom. The lowest BCUT2D eigenvalue weighted by Crippen LogP contribution is -2.47. The molecule has 3 fully saturated rings. The van der Waals surface area contributed by atoms with Crippen LogP contribution in [0.4, 0.5) is 0 Å². The van der Waals surface area contributed by atoms with E-state index in [2.05, 4.69) is 40.1 Å². The van der Waals surface area contributed by atoms with Gasteiger partial charge in [0.1, 0.15) is 0 Å². The van der Waals surface area contributed by atoms with Crippen molar-refractivity contribution in [2.75, 3.05) is 32.7 Å². The lowest BCUT2D eigenvalue weighted by molar-refractivity contribution is -0.135. The van der Waals surface area contributed by atoms with Crippen LogP contribution in [-0.4, -0.2) is 54.5 Å². The van der Waals surface area contributed by atoms with Crippen LogP contribution in [0.3, 0.4) is 0 Å². The smallest absolute Gasteiger partial charge is 0.224 e. The minimum Gasteiger partial charge on any atom is -0.338 e. The molecule has 4 rings (SSSR count). The summed E-state index contributed by atoms with van der Waals surface area (Å²) in [5, 5.41) is 0. The van der Waals surface area contributed by atoms with E-state index in [4.69, 9.17) is 5.73 Å². The molecule has 0 radical (unpaired) electrons. The number of fused-ring (bicyclic) bond motifs is 4. The zero-order valence-electron chi connectivity index (χ0n) is 14.0. The molecule has 0 saturated carbocycles. The summed E-state index contributed by atoms with van der Waals surface area (Å²) in [6.07, 6.45) is 5.27. The Hall–Kier alpha value is -1.39. The number of carbonyl (C=O) groups excluding carboxylic acids is 1. The zero-order valence-corrected chi connectivity index (χ0v) is 14.0. The van der Waals surface area contributed by atoms with E-state index >= 15 is 0 Å². The molecule has 0 aliphatic carbocycles. The van der Waals surface area contributed by atoms with Crippen molar-refractivity contribution < 1.29 is 4.79 Å². The van der Waals surface area contributed by atoms with Crippen LogP contribution in [-0.2, 0) is 11.2 Å². The highest BCUT2D eigenvalue weighted by Crippen LogP contribution is 2.28. The zero-order chi connectivity index (χ0) is 16.1. The van der Waals surface area contributed by atoms with E-state index in [9.17, 15) is 4.79 Å². The molecule has 2 N–H and O–H groups in total. The Labute approximate surface area is 139 Å². The molecule has 1 aromatic rings. The maximum atomic E-state index is 12.3. The number of nitrogens with zero attached hydrogens (tertiary/aromatic N) is 2. The maximum absolute atomic E-state index is 12.3. The molecule has 23 heavy (non-hydrogen) atoms. The third kappa shape index (κ3) is 4.33. The summed E-state index contributed by atoms with van der Waals surface area (Å²) < 4.78 is 0. The van der Waals surface area contributed by atoms with Gasteiger partial charge in [-0.25, -0.2) is 0 Å². The van der Waals surface area contributed by atoms with Gasteiger partial charge < -0.3 is 15.5 Å². The number of aryl methyl sites for hydroxylation is 1. The average molecular weight is 315 g/mol. The molecule has 1 amide bonds. The predicted molar refractivity (Wildman–Crippen MR) is 93.1 cm³/mol. The van der Waals surface area contributed by atoms with E-state index in [-0.39, 0.29) is 5.91 Å². The third-order valence-electron chi connectivity index (χ3n) is 5.25. The quantitative estimate of drug-likeness (QED) is 0.872. The minimum absolute atomic E-state index is 0.258. The molecular weight excluding hydrogens is 286 g/mol. The second-order valence-corrected chi connectivity index (χ2v) is 7.03. The largest absolute Gasteiger partial charge is 0.338 e. The molecule has 4 nitrogen and oxygen atoms in total. The molecule has 2 bridgehead atoms. The first-order valence-electron chi connectivity index (χ1n) is 9.02. The fourth-order valence-corrected chi connectivity index (χ4v) is 4.09. The maximum Gasteiger partial charge on any atom is 0.224 e. The van der Waals surface area contributed by atoms with Crippen LogP contribution in [0.15, 0.2) is 30.3 Å². The van der Waals surface area contributed by atoms with Crippen LogP contribution >= 0.6 is 0 Å². The van der Waals surface area contributed by atoms with Gasteiger partial charge in [0.25, 0.3) is 0 Å². The summed E-state index contributed by atoms with van der Waals surface area (Å²) in [5.41, 5.74) is 6.98. The summed E-state index contributed by atoms with van der Waals surface area (Å²) in [6.45, 7) is 4.74. The van der Waals surface area contributed by atoms with E-state index < -0.39 is 0 Å². The molecule has 3 aliphatic heterocycles. The van der Waals surface area contributed by atoms with E-state index in [0.29, 0.717) is 24.9 Å². The monoisotopic (exact) mass is 315 g/mol. The molecule has 126 valence electrons. The minimum atomic E-state index is 0.258. The topological polar surface area (TPSA) is 49.6 Å². The van der Waals surface area contributed by atoms with Gasteiger partial charge in [0.2, 0.25) is 5.91 Å². The van der Waals surface area contributed by atoms with Gasteiger partial charge in [0.15, 0.2) is 0 Å². The molecule has 3 saturated heterocycles. The fourth-order valence-electron chi connectivity index (χ4n) is 4.09. The van der Waals surface area contributed by atoms with Crippen molar-refractivity contribution in [2.45, 2.75) is 38.1 Å². The average Bonchev–Trinajstić information content (AvgIpc) is 2.87. The first kappa shape index (κ1) is 16.5. The number of nitrogens with two attached hydrogens (primary N) is 1. The summed E-state index contributed by atoms with van der Waals surface area (Å²) in [7, 11) is 0. The van der Waals surface area contributed by atoms with Gasteiger partial charge >= 0.3 is 0 Å². The van der Waals surface area contributed by atoms with Crippen LogP contribution in [0.2, 0.25) is 0 Å². The first-order valence-corrected chi connectivity index (χ1v) is 9.02. The first-order chi connectivity index (χ1) is 11.3. The number of hydrogen-bond acceptors (Lipinski definition) is 3. The number of hydrogen-bond donors (Lipinski definition) is 1. The Morgan fingerprint density at radius 1 is 1.13 bits per heavy atom. The summed E-state index contributed by atoms with van der Waals surface area (Å²) in [6, 6.07) is 11.1. The van der Waals surface area contributed by atoms with Crippen molar-refractivity contribution in [3.8, 4) is 0 Å². The molecule has 3 heterocycles. The Balaban J connectivity index is 1.51. The summed E-state index contributed by atoms with van der Waals surface area (Å²) in [5.74, 6) is 0.903. The molecule has 3 aliphatic rings. The Bertz CT molecular complexity index is 505. The second kappa shape index (κ2) is 7.93. The normalized spacial score (nSPS) is 24.7. The van der Waals surface area contributed by atoms with Crippen LogP contribution in [0.5, 0.6) is 0 Å². The Morgan fingerprint density at radius 3 is 2.74 bits per heavy atom. The van der Waals surface area contributed by atoms with Crippen molar-refractivity contribution in [3.05, 3.63) is 35.9 Å². The molecule has 4 heteroatoms. The van der Waals surface area contributed by atoms with E-state index in [1.165, 1.54) is 18.4 Å². The SMILES string of the molecule is NCCC(=O)N1C[C@@H]2CC[C@H]1CN(CCCc1ccccc1)C2. The molecule has 0 spiro atoms. The van der Waals surface area contributed by atoms with Gasteiger partial charge in [-0.1, -0.05) is 30.3 Å². The van der Waals surface area contributed by atoms with Crippen LogP contribution in [0, 0.1) is 5.92 Å². The van der Waals surface area contributed by atoms with Crippen molar-refractivity contribution in [1.29, 1.82) is 0 Å². The molecule has 0 aromatic heterocycles. The van der Waals surface area contributed by atoms with Crippen LogP contribution in [0.25, 0.3) is 0 Å². The number of amides is 1. The number of benzene rings is 1. The van der Waals surface area contributed by atoms with Crippen molar-refractivity contribution in [2.24, 2.45) is 11.7 Å². The van der Waals surface area contributed by atoms with Gasteiger partial charge in [-0.05, 0) is 43.7 Å². The van der Waals surface area contributed by atoms with Gasteiger partial charge in [0.05, 0.1) is 0 Å². The summed E-state index contributed by atoms with van der Waals surface area (Å²) in [4.78, 5) is 17.0. The highest BCUT2D eigenvalue weighted by molar-refractivity contribution is 5.77. The highest BCUT2D eigenvalue weighted by Gasteiger charge is 2.36. The second-order valence-electron chi connectivity index (χ2n) is 7.03. The van der Waals surface area contributed by atoms with Gasteiger partial charge in [-0.15, -0.1) is 0 Å². The molecular formula is C19H29N3O. The lowest BCUT2D eigenvalue weighted by atomic mass is 9.95. The van der Waals surface area contributed by atoms with Crippen LogP contribution < -0.4 is 5.73 Å². The van der Waals surface area contributed by atoms with E-state index in [1.54, 1.807) is 0 Å². The van der Waals surface area contributed by atoms with Gasteiger partial charge in [-0.3, -0.25) is 4.79 Å². The molecule has 1 aromatic carbocycles. The Kier molecular flexibility index (Phi) is 5.68. The predicted octanol–water partition coefficient (Wildman–Crippen LogP) is 1.89. The van der Waals surface area contributed by atoms with E-state index in [1.807, 2.05) is 0 Å². The fraction of sp³-hybridized carbons (Fsp3) is 0.632. The number of carbonyl (C=O) groups is 1. The van der Waals surface area contributed by atoms with Crippen molar-refractivity contribution in [1.82, 2.24) is 9.80 Å². The van der Waals surface area contributed by atoms with Crippen molar-refractivity contribution >= 4 is 5.91 Å². The summed E-state index contributed by atoms with van der Waals surface area (Å²) >= 11 is 0. The van der Waals surface area contributed by atoms with Gasteiger partial charge in [-0.2, -0.15) is 0 Å². The molecule has 2 atom stereocenters. The number of piperidine rings is 1. The van der Waals surface area contributed by atoms with Crippen LogP contribution in [0.1, 0.15) is 31.2 Å². The number of rotatable bonds is 6. The lowest BCUT2D eigenvalue weighted by Gasteiger charge is -2.36. The molecule has 0 unspecified atom stereocenters. The van der Waals surface area contributed by atoms with Crippen molar-refractivity contribution in [3.63, 3.8) is 0 Å². The third-order valence-corrected chi connectivity index (χ3v) is 5.25.